The minimum absolute atomic E-state index is 0.00957. The minimum atomic E-state index is -0.252. The minimum Gasteiger partial charge on any atom is -0.494 e. The summed E-state index contributed by atoms with van der Waals surface area (Å²) in [5.74, 6) is 2.08. The lowest BCUT2D eigenvalue weighted by atomic mass is 9.97. The normalized spacial score (nSPS) is 16.0. The first-order valence-corrected chi connectivity index (χ1v) is 24.3. The summed E-state index contributed by atoms with van der Waals surface area (Å²) >= 11 is 2.90. The molecule has 5 N–H and O–H groups in total. The van der Waals surface area contributed by atoms with Gasteiger partial charge in [-0.25, -0.2) is 0 Å². The molecule has 0 bridgehead atoms. The molecule has 0 unspecified atom stereocenters. The maximum atomic E-state index is 12.0. The van der Waals surface area contributed by atoms with E-state index in [9.17, 15) is 29.4 Å². The van der Waals surface area contributed by atoms with Crippen LogP contribution in [-0.2, 0) is 19.1 Å². The van der Waals surface area contributed by atoms with E-state index in [1.807, 2.05) is 48.5 Å². The van der Waals surface area contributed by atoms with Crippen molar-refractivity contribution in [3.8, 4) is 34.8 Å². The number of ketones is 2. The van der Waals surface area contributed by atoms with Gasteiger partial charge in [0.05, 0.1) is 55.4 Å². The fraction of sp³-hybridized carbons (Fsp3) is 0.346. The Kier molecular flexibility index (Phi) is 16.0. The molecule has 2 fully saturated rings. The number of hydrogen-bond donors (Lipinski definition) is 5. The fourth-order valence-corrected chi connectivity index (χ4v) is 8.97. The number of methoxy groups -OCH3 is 2. The second-order valence-electron chi connectivity index (χ2n) is 17.2. The van der Waals surface area contributed by atoms with Crippen molar-refractivity contribution in [2.45, 2.75) is 51.6 Å². The van der Waals surface area contributed by atoms with Gasteiger partial charge in [-0.1, -0.05) is 15.9 Å². The molecule has 0 saturated carbocycles. The number of aromatic hydroxyl groups is 2. The number of H-pyrrole nitrogens is 2. The standard InChI is InChI=1S/C26H27N3O6.C23H23N3O4.C3H5BrO2/c1-15(30)16-3-5-20-19(11-16)24(26(32)28-20)25(17-4-6-21-22(12-17)35-14-34-21)27-18-7-9-29(10-8-18)13-23(31)33-2;1-13(27)14-2-4-18-17(10-14)21(23(28)26-18)22(25-16-6-8-24-9-7-16)15-3-5-19-20(11-15)30-12-29-19;1-6-3(5)2-4/h3-6,11-12,18,28,32H,7-10,13-14H2,1-2H3;2-5,10-11,16,24,26,28H,6-9,12H2,1H3;2H2,1H3. The molecule has 10 rings (SSSR count). The molecule has 6 heterocycles. The summed E-state index contributed by atoms with van der Waals surface area (Å²) in [5, 5.41) is 26.9. The highest BCUT2D eigenvalue weighted by Gasteiger charge is 2.27. The Morgan fingerprint density at radius 1 is 0.620 bits per heavy atom. The van der Waals surface area contributed by atoms with E-state index in [1.54, 1.807) is 24.3 Å². The maximum absolute atomic E-state index is 12.0. The molecule has 2 saturated heterocycles. The Bertz CT molecular complexity index is 3010. The largest absolute Gasteiger partial charge is 0.494 e. The van der Waals surface area contributed by atoms with Crippen molar-refractivity contribution >= 4 is 72.7 Å². The van der Waals surface area contributed by atoms with Gasteiger partial charge in [0.2, 0.25) is 13.6 Å². The molecule has 4 aliphatic heterocycles. The SMILES string of the molecule is CC(=O)c1ccc2[nH]c(O)c(C(=NC3CCNCC3)c3ccc4c(c3)OCO4)c2c1.COC(=O)CBr.COC(=O)CN1CCC(N=C(c2ccc3c(c2)OCO3)c2c(O)[nH]c3ccc(C(C)=O)cc23)CC1. The van der Waals surface area contributed by atoms with Crippen LogP contribution in [0.2, 0.25) is 0 Å². The van der Waals surface area contributed by atoms with Crippen LogP contribution in [0.3, 0.4) is 0 Å². The molecule has 19 heteroatoms. The zero-order valence-corrected chi connectivity index (χ0v) is 41.4. The van der Waals surface area contributed by atoms with Crippen molar-refractivity contribution < 1.29 is 57.8 Å². The van der Waals surface area contributed by atoms with Crippen molar-refractivity contribution in [2.24, 2.45) is 9.98 Å². The van der Waals surface area contributed by atoms with E-state index < -0.39 is 0 Å². The number of aromatic nitrogens is 2. The van der Waals surface area contributed by atoms with Crippen LogP contribution in [0.5, 0.6) is 34.8 Å². The lowest BCUT2D eigenvalue weighted by Gasteiger charge is -2.29. The van der Waals surface area contributed by atoms with Gasteiger partial charge in [-0.05, 0) is 125 Å². The van der Waals surface area contributed by atoms with E-state index in [1.165, 1.54) is 28.1 Å². The number of alkyl halides is 1. The highest BCUT2D eigenvalue weighted by Crippen LogP contribution is 2.39. The van der Waals surface area contributed by atoms with Crippen molar-refractivity contribution in [2.75, 3.05) is 65.9 Å². The molecule has 0 radical (unpaired) electrons. The number of aliphatic imine (C=N–C) groups is 2. The zero-order valence-electron chi connectivity index (χ0n) is 39.8. The molecular weight excluding hydrogens is 981 g/mol. The molecule has 0 amide bonds. The van der Waals surface area contributed by atoms with Gasteiger partial charge in [0.1, 0.15) is 5.33 Å². The van der Waals surface area contributed by atoms with Crippen LogP contribution >= 0.6 is 15.9 Å². The number of nitrogens with one attached hydrogen (secondary N) is 3. The predicted molar refractivity (Wildman–Crippen MR) is 270 cm³/mol. The molecular formula is C52H55BrN6O12. The number of halogens is 1. The second-order valence-corrected chi connectivity index (χ2v) is 17.8. The topological polar surface area (TPSA) is 236 Å². The summed E-state index contributed by atoms with van der Waals surface area (Å²) in [7, 11) is 2.74. The van der Waals surface area contributed by atoms with Gasteiger partial charge in [0.25, 0.3) is 0 Å². The van der Waals surface area contributed by atoms with Gasteiger partial charge < -0.3 is 53.9 Å². The monoisotopic (exact) mass is 1030 g/mol. The quantitative estimate of drug-likeness (QED) is 0.0373. The second kappa shape index (κ2) is 22.7. The number of hydrogen-bond acceptors (Lipinski definition) is 16. The molecule has 18 nitrogen and oxygen atoms in total. The third kappa shape index (κ3) is 11.7. The van der Waals surface area contributed by atoms with Crippen LogP contribution in [0.4, 0.5) is 0 Å². The number of likely N-dealkylation sites (tertiary alicyclic amines) is 1. The lowest BCUT2D eigenvalue weighted by Crippen LogP contribution is -2.39. The van der Waals surface area contributed by atoms with Gasteiger partial charge in [-0.2, -0.15) is 0 Å². The molecule has 0 spiro atoms. The van der Waals surface area contributed by atoms with E-state index in [0.29, 0.717) is 75.3 Å². The van der Waals surface area contributed by atoms with E-state index in [-0.39, 0.29) is 72.8 Å². The summed E-state index contributed by atoms with van der Waals surface area (Å²) < 4.78 is 31.1. The summed E-state index contributed by atoms with van der Waals surface area (Å²) in [6.07, 6.45) is 3.37. The molecule has 4 aliphatic rings. The Morgan fingerprint density at radius 3 is 1.48 bits per heavy atom. The van der Waals surface area contributed by atoms with Crippen LogP contribution in [0, 0.1) is 0 Å². The summed E-state index contributed by atoms with van der Waals surface area (Å²) in [6.45, 7) is 6.92. The number of piperidine rings is 2. The van der Waals surface area contributed by atoms with Gasteiger partial charge in [-0.15, -0.1) is 0 Å². The molecule has 372 valence electrons. The van der Waals surface area contributed by atoms with Crippen LogP contribution in [0.1, 0.15) is 82.5 Å². The van der Waals surface area contributed by atoms with Crippen LogP contribution in [0.25, 0.3) is 21.8 Å². The third-order valence-electron chi connectivity index (χ3n) is 12.5. The van der Waals surface area contributed by atoms with E-state index in [0.717, 1.165) is 66.2 Å². The average Bonchev–Trinajstić information content (AvgIpc) is 4.20. The van der Waals surface area contributed by atoms with E-state index in [4.69, 9.17) is 33.7 Å². The van der Waals surface area contributed by atoms with Gasteiger partial charge in [0.15, 0.2) is 46.3 Å². The van der Waals surface area contributed by atoms with Crippen molar-refractivity contribution in [3.63, 3.8) is 0 Å². The number of ether oxygens (including phenoxy) is 6. The number of nitrogens with zero attached hydrogens (tertiary/aromatic N) is 3. The first kappa shape index (κ1) is 50.2. The molecule has 71 heavy (non-hydrogen) atoms. The fourth-order valence-electron chi connectivity index (χ4n) is 8.74. The van der Waals surface area contributed by atoms with Gasteiger partial charge in [0, 0.05) is 57.1 Å². The number of fused-ring (bicyclic) bond motifs is 4. The summed E-state index contributed by atoms with van der Waals surface area (Å²) in [6, 6.07) is 22.1. The highest BCUT2D eigenvalue weighted by atomic mass is 79.9. The molecule has 2 aromatic heterocycles. The Morgan fingerprint density at radius 2 is 1.06 bits per heavy atom. The van der Waals surface area contributed by atoms with Crippen molar-refractivity contribution in [3.05, 3.63) is 106 Å². The number of esters is 2. The molecule has 4 aromatic carbocycles. The van der Waals surface area contributed by atoms with Gasteiger partial charge in [-0.3, -0.25) is 34.1 Å². The smallest absolute Gasteiger partial charge is 0.319 e. The maximum Gasteiger partial charge on any atom is 0.319 e. The van der Waals surface area contributed by atoms with Crippen molar-refractivity contribution in [1.82, 2.24) is 20.2 Å². The van der Waals surface area contributed by atoms with Crippen LogP contribution in [-0.4, -0.2) is 138 Å². The number of carbonyl (C=O) groups is 4. The number of carbonyl (C=O) groups excluding carboxylic acids is 4. The third-order valence-corrected chi connectivity index (χ3v) is 13.0. The first-order chi connectivity index (χ1) is 34.3. The predicted octanol–water partition coefficient (Wildman–Crippen LogP) is 7.23. The first-order valence-electron chi connectivity index (χ1n) is 23.1. The number of aromatic amines is 2. The Labute approximate surface area is 417 Å². The number of benzene rings is 4. The van der Waals surface area contributed by atoms with Crippen LogP contribution < -0.4 is 24.3 Å². The molecule has 0 aliphatic carbocycles. The van der Waals surface area contributed by atoms with Gasteiger partial charge >= 0.3 is 11.9 Å². The van der Waals surface area contributed by atoms with Crippen molar-refractivity contribution in [1.29, 1.82) is 0 Å². The van der Waals surface area contributed by atoms with E-state index >= 15 is 0 Å². The Hall–Kier alpha value is -7.22. The van der Waals surface area contributed by atoms with Crippen LogP contribution in [0.15, 0.2) is 82.8 Å². The number of rotatable bonds is 11. The van der Waals surface area contributed by atoms with E-state index in [2.05, 4.69) is 40.9 Å². The number of Topliss-reactive ketones (excluding diaryl/α,β-unsaturated/α-hetero) is 2. The highest BCUT2D eigenvalue weighted by molar-refractivity contribution is 9.09. The summed E-state index contributed by atoms with van der Waals surface area (Å²) in [4.78, 5) is 63.8. The zero-order chi connectivity index (χ0) is 50.2. The summed E-state index contributed by atoms with van der Waals surface area (Å²) in [5.41, 5.74) is 6.66. The average molecular weight is 1040 g/mol. The Balaban J connectivity index is 0.000000172. The lowest BCUT2D eigenvalue weighted by molar-refractivity contribution is -0.142. The molecule has 0 atom stereocenters. The molecule has 6 aromatic rings.